The number of nitrogens with zero attached hydrogens (tertiary/aromatic N) is 2. The van der Waals surface area contributed by atoms with Crippen LogP contribution in [0.1, 0.15) is 35.5 Å². The molecular weight excluding hydrogens is 434 g/mol. The van der Waals surface area contributed by atoms with Crippen molar-refractivity contribution in [1.82, 2.24) is 15.4 Å². The fourth-order valence-electron chi connectivity index (χ4n) is 4.18. The standard InChI is InChI=1S/C26H31N3O5/c1-4-18-14-20(22(32-3)15-21(18)30)25-23(24(28-34-25)26(31)27-5-2)19-8-6-17(7-9-19)16-29-10-12-33-13-11-29/h6-9,14-15,30H,4-5,10-13,16H2,1-3H3,(H,27,31). The highest BCUT2D eigenvalue weighted by Crippen LogP contribution is 2.42. The minimum atomic E-state index is -0.307. The third-order valence-corrected chi connectivity index (χ3v) is 6.02. The summed E-state index contributed by atoms with van der Waals surface area (Å²) in [4.78, 5) is 15.2. The summed E-state index contributed by atoms with van der Waals surface area (Å²) in [5.74, 6) is 0.714. The summed E-state index contributed by atoms with van der Waals surface area (Å²) in [5, 5.41) is 17.2. The van der Waals surface area contributed by atoms with Crippen molar-refractivity contribution in [3.63, 3.8) is 0 Å². The van der Waals surface area contributed by atoms with Gasteiger partial charge in [-0.3, -0.25) is 9.69 Å². The molecule has 4 rings (SSSR count). The van der Waals surface area contributed by atoms with Gasteiger partial charge < -0.3 is 24.4 Å². The van der Waals surface area contributed by atoms with E-state index in [1.54, 1.807) is 6.07 Å². The molecular formula is C26H31N3O5. The molecule has 0 bridgehead atoms. The lowest BCUT2D eigenvalue weighted by molar-refractivity contribution is 0.0342. The number of carbonyl (C=O) groups excluding carboxylic acids is 1. The summed E-state index contributed by atoms with van der Waals surface area (Å²) < 4.78 is 16.7. The molecule has 1 aromatic heterocycles. The van der Waals surface area contributed by atoms with Crippen molar-refractivity contribution < 1.29 is 23.9 Å². The number of aromatic nitrogens is 1. The number of methoxy groups -OCH3 is 1. The molecule has 0 spiro atoms. The van der Waals surface area contributed by atoms with Crippen molar-refractivity contribution >= 4 is 5.91 Å². The van der Waals surface area contributed by atoms with Gasteiger partial charge in [0.2, 0.25) is 0 Å². The van der Waals surface area contributed by atoms with Gasteiger partial charge in [0, 0.05) is 32.2 Å². The molecule has 34 heavy (non-hydrogen) atoms. The zero-order chi connectivity index (χ0) is 24.1. The molecule has 1 amide bonds. The van der Waals surface area contributed by atoms with E-state index in [0.29, 0.717) is 35.6 Å². The first-order valence-corrected chi connectivity index (χ1v) is 11.6. The maximum absolute atomic E-state index is 12.8. The Morgan fingerprint density at radius 1 is 1.18 bits per heavy atom. The highest BCUT2D eigenvalue weighted by molar-refractivity contribution is 6.02. The van der Waals surface area contributed by atoms with Crippen LogP contribution in [0.5, 0.6) is 11.5 Å². The smallest absolute Gasteiger partial charge is 0.274 e. The monoisotopic (exact) mass is 465 g/mol. The number of morpholine rings is 1. The molecule has 8 nitrogen and oxygen atoms in total. The Morgan fingerprint density at radius 3 is 2.56 bits per heavy atom. The summed E-state index contributed by atoms with van der Waals surface area (Å²) in [6.45, 7) is 8.48. The first-order valence-electron chi connectivity index (χ1n) is 11.6. The number of phenols is 1. The molecule has 0 saturated carbocycles. The number of nitrogens with one attached hydrogen (secondary N) is 1. The van der Waals surface area contributed by atoms with Crippen molar-refractivity contribution in [2.24, 2.45) is 0 Å². The first-order chi connectivity index (χ1) is 16.5. The van der Waals surface area contributed by atoms with Crippen LogP contribution in [0.4, 0.5) is 0 Å². The van der Waals surface area contributed by atoms with Crippen LogP contribution in [0.3, 0.4) is 0 Å². The molecule has 0 aliphatic carbocycles. The Labute approximate surface area is 199 Å². The Kier molecular flexibility index (Phi) is 7.49. The lowest BCUT2D eigenvalue weighted by Gasteiger charge is -2.26. The summed E-state index contributed by atoms with van der Waals surface area (Å²) in [6.07, 6.45) is 0.631. The van der Waals surface area contributed by atoms with E-state index in [1.807, 2.05) is 32.0 Å². The Balaban J connectivity index is 1.77. The van der Waals surface area contributed by atoms with Gasteiger partial charge in [-0.15, -0.1) is 0 Å². The molecule has 2 heterocycles. The molecule has 8 heteroatoms. The van der Waals surface area contributed by atoms with Gasteiger partial charge in [-0.05, 0) is 36.1 Å². The van der Waals surface area contributed by atoms with Gasteiger partial charge >= 0.3 is 0 Å². The number of hydrogen-bond donors (Lipinski definition) is 2. The summed E-state index contributed by atoms with van der Waals surface area (Å²) in [7, 11) is 1.53. The predicted octanol–water partition coefficient (Wildman–Crippen LogP) is 3.87. The highest BCUT2D eigenvalue weighted by atomic mass is 16.5. The van der Waals surface area contributed by atoms with Gasteiger partial charge in [-0.25, -0.2) is 0 Å². The van der Waals surface area contributed by atoms with Crippen LogP contribution in [0.15, 0.2) is 40.9 Å². The Hall–Kier alpha value is -3.36. The van der Waals surface area contributed by atoms with E-state index in [0.717, 1.165) is 44.0 Å². The number of phenolic OH excluding ortho intramolecular Hbond substituents is 1. The second-order valence-electron chi connectivity index (χ2n) is 8.21. The van der Waals surface area contributed by atoms with E-state index in [-0.39, 0.29) is 17.4 Å². The van der Waals surface area contributed by atoms with Gasteiger partial charge in [0.15, 0.2) is 11.5 Å². The average Bonchev–Trinajstić information content (AvgIpc) is 3.30. The number of hydrogen-bond acceptors (Lipinski definition) is 7. The predicted molar refractivity (Wildman–Crippen MR) is 129 cm³/mol. The van der Waals surface area contributed by atoms with Crippen molar-refractivity contribution in [2.45, 2.75) is 26.8 Å². The number of aromatic hydroxyl groups is 1. The lowest BCUT2D eigenvalue weighted by atomic mass is 9.96. The molecule has 180 valence electrons. The SMILES string of the molecule is CCNC(=O)c1noc(-c2cc(CC)c(O)cc2OC)c1-c1ccc(CN2CCOCC2)cc1. The minimum Gasteiger partial charge on any atom is -0.508 e. The number of rotatable bonds is 8. The van der Waals surface area contributed by atoms with E-state index < -0.39 is 0 Å². The van der Waals surface area contributed by atoms with E-state index >= 15 is 0 Å². The Morgan fingerprint density at radius 2 is 1.91 bits per heavy atom. The molecule has 0 radical (unpaired) electrons. The number of aryl methyl sites for hydroxylation is 1. The third kappa shape index (κ3) is 4.93. The molecule has 0 unspecified atom stereocenters. The van der Waals surface area contributed by atoms with Gasteiger partial charge in [-0.2, -0.15) is 0 Å². The van der Waals surface area contributed by atoms with Gasteiger partial charge in [0.1, 0.15) is 11.5 Å². The van der Waals surface area contributed by atoms with Crippen LogP contribution >= 0.6 is 0 Å². The van der Waals surface area contributed by atoms with Crippen LogP contribution in [-0.2, 0) is 17.7 Å². The van der Waals surface area contributed by atoms with Gasteiger partial charge in [0.25, 0.3) is 5.91 Å². The molecule has 1 fully saturated rings. The van der Waals surface area contributed by atoms with Crippen LogP contribution in [0.2, 0.25) is 0 Å². The van der Waals surface area contributed by atoms with Crippen molar-refractivity contribution in [3.05, 3.63) is 53.2 Å². The maximum atomic E-state index is 12.8. The maximum Gasteiger partial charge on any atom is 0.274 e. The highest BCUT2D eigenvalue weighted by Gasteiger charge is 2.27. The lowest BCUT2D eigenvalue weighted by Crippen LogP contribution is -2.35. The van der Waals surface area contributed by atoms with Crippen molar-refractivity contribution in [2.75, 3.05) is 40.0 Å². The topological polar surface area (TPSA) is 97.1 Å². The van der Waals surface area contributed by atoms with Crippen LogP contribution < -0.4 is 10.1 Å². The second-order valence-corrected chi connectivity index (χ2v) is 8.21. The normalized spacial score (nSPS) is 14.2. The molecule has 2 N–H and O–H groups in total. The van der Waals surface area contributed by atoms with Crippen molar-refractivity contribution in [1.29, 1.82) is 0 Å². The number of ether oxygens (including phenoxy) is 2. The van der Waals surface area contributed by atoms with Crippen LogP contribution in [-0.4, -0.2) is 61.0 Å². The Bertz CT molecular complexity index is 1130. The van der Waals surface area contributed by atoms with Crippen LogP contribution in [0, 0.1) is 0 Å². The van der Waals surface area contributed by atoms with Crippen molar-refractivity contribution in [3.8, 4) is 33.9 Å². The van der Waals surface area contributed by atoms with Crippen LogP contribution in [0.25, 0.3) is 22.5 Å². The zero-order valence-corrected chi connectivity index (χ0v) is 19.9. The molecule has 1 saturated heterocycles. The number of amides is 1. The molecule has 0 atom stereocenters. The largest absolute Gasteiger partial charge is 0.508 e. The summed E-state index contributed by atoms with van der Waals surface area (Å²) in [6, 6.07) is 11.5. The fourth-order valence-corrected chi connectivity index (χ4v) is 4.18. The first kappa shape index (κ1) is 23.8. The molecule has 3 aromatic rings. The zero-order valence-electron chi connectivity index (χ0n) is 19.9. The average molecular weight is 466 g/mol. The summed E-state index contributed by atoms with van der Waals surface area (Å²) in [5.41, 5.74) is 4.18. The van der Waals surface area contributed by atoms with E-state index in [4.69, 9.17) is 14.0 Å². The summed E-state index contributed by atoms with van der Waals surface area (Å²) >= 11 is 0. The quantitative estimate of drug-likeness (QED) is 0.521. The number of benzene rings is 2. The van der Waals surface area contributed by atoms with E-state index in [2.05, 4.69) is 27.5 Å². The van der Waals surface area contributed by atoms with E-state index in [1.165, 1.54) is 12.7 Å². The molecule has 1 aliphatic rings. The molecule has 2 aromatic carbocycles. The third-order valence-electron chi connectivity index (χ3n) is 6.02. The van der Waals surface area contributed by atoms with E-state index in [9.17, 15) is 9.90 Å². The van der Waals surface area contributed by atoms with Gasteiger partial charge in [0.05, 0.1) is 31.5 Å². The second kappa shape index (κ2) is 10.7. The number of carbonyl (C=O) groups is 1. The van der Waals surface area contributed by atoms with Gasteiger partial charge in [-0.1, -0.05) is 36.3 Å². The molecule has 1 aliphatic heterocycles. The minimum absolute atomic E-state index is 0.153. The fraction of sp³-hybridized carbons (Fsp3) is 0.385.